The summed E-state index contributed by atoms with van der Waals surface area (Å²) in [5.41, 5.74) is 0.0806. The Balaban J connectivity index is 0.00000420. The Hall–Kier alpha value is -0.980. The molecule has 0 spiro atoms. The molecule has 0 amide bonds. The van der Waals surface area contributed by atoms with Crippen LogP contribution in [-0.4, -0.2) is 57.3 Å². The zero-order valence-electron chi connectivity index (χ0n) is 17.1. The lowest BCUT2D eigenvalue weighted by atomic mass is 9.72. The highest BCUT2D eigenvalue weighted by Gasteiger charge is 2.31. The molecular weight excluding hydrogens is 505 g/mol. The Morgan fingerprint density at radius 1 is 1.24 bits per heavy atom. The number of nitrogens with one attached hydrogen (secondary N) is 3. The summed E-state index contributed by atoms with van der Waals surface area (Å²) in [7, 11) is -3.56. The lowest BCUT2D eigenvalue weighted by Crippen LogP contribution is -2.42. The Labute approximate surface area is 191 Å². The molecule has 0 aromatic carbocycles. The topological polar surface area (TPSA) is 116 Å². The number of hydrogen-bond donors (Lipinski definition) is 4. The number of aromatic nitrogens is 1. The minimum Gasteiger partial charge on any atom is -0.396 e. The molecule has 0 aliphatic heterocycles. The third-order valence-corrected chi connectivity index (χ3v) is 6.57. The van der Waals surface area contributed by atoms with Crippen molar-refractivity contribution < 1.29 is 13.5 Å². The Morgan fingerprint density at radius 3 is 2.62 bits per heavy atom. The maximum atomic E-state index is 12.2. The monoisotopic (exact) mass is 539 g/mol. The molecule has 0 radical (unpaired) electrons. The molecule has 2 rings (SSSR count). The molecule has 1 fully saturated rings. The van der Waals surface area contributed by atoms with Gasteiger partial charge in [-0.05, 0) is 43.7 Å². The molecule has 1 saturated carbocycles. The van der Waals surface area contributed by atoms with Crippen molar-refractivity contribution >= 4 is 40.0 Å². The number of pyridine rings is 1. The smallest absolute Gasteiger partial charge is 0.242 e. The molecule has 0 unspecified atom stereocenters. The van der Waals surface area contributed by atoms with Crippen molar-refractivity contribution in [2.24, 2.45) is 10.4 Å². The number of aliphatic hydroxyl groups is 1. The zero-order valence-corrected chi connectivity index (χ0v) is 20.2. The van der Waals surface area contributed by atoms with E-state index >= 15 is 0 Å². The Bertz CT molecular complexity index is 704. The largest absolute Gasteiger partial charge is 0.396 e. The van der Waals surface area contributed by atoms with Crippen LogP contribution in [-0.2, 0) is 10.0 Å². The molecule has 4 N–H and O–H groups in total. The van der Waals surface area contributed by atoms with E-state index in [2.05, 4.69) is 20.3 Å². The van der Waals surface area contributed by atoms with E-state index in [9.17, 15) is 13.5 Å². The lowest BCUT2D eigenvalue weighted by molar-refractivity contribution is 0.137. The van der Waals surface area contributed by atoms with Crippen LogP contribution in [0.15, 0.2) is 34.4 Å². The van der Waals surface area contributed by atoms with Crippen molar-refractivity contribution in [3.05, 3.63) is 24.5 Å². The molecule has 1 aliphatic rings. The van der Waals surface area contributed by atoms with Crippen molar-refractivity contribution in [3.63, 3.8) is 0 Å². The number of aliphatic imine (C=N–C) groups is 1. The first-order chi connectivity index (χ1) is 13.5. The summed E-state index contributed by atoms with van der Waals surface area (Å²) in [6, 6.07) is 3.11. The van der Waals surface area contributed by atoms with Crippen LogP contribution in [0.25, 0.3) is 0 Å². The molecule has 29 heavy (non-hydrogen) atoms. The third-order valence-electron chi connectivity index (χ3n) is 5.13. The molecule has 10 heteroatoms. The fraction of sp³-hybridized carbons (Fsp3) is 0.684. The van der Waals surface area contributed by atoms with Crippen LogP contribution < -0.4 is 15.4 Å². The van der Waals surface area contributed by atoms with Crippen molar-refractivity contribution in [2.75, 3.05) is 32.8 Å². The lowest BCUT2D eigenvalue weighted by Gasteiger charge is -2.35. The predicted molar refractivity (Wildman–Crippen MR) is 126 cm³/mol. The van der Waals surface area contributed by atoms with E-state index in [0.717, 1.165) is 25.8 Å². The van der Waals surface area contributed by atoms with E-state index in [-0.39, 0.29) is 47.4 Å². The van der Waals surface area contributed by atoms with E-state index in [4.69, 9.17) is 4.99 Å². The molecule has 0 saturated heterocycles. The fourth-order valence-corrected chi connectivity index (χ4v) is 4.57. The first-order valence-electron chi connectivity index (χ1n) is 10.0. The number of aliphatic hydroxyl groups excluding tert-OH is 1. The number of hydrogen-bond acceptors (Lipinski definition) is 5. The predicted octanol–water partition coefficient (Wildman–Crippen LogP) is 1.87. The van der Waals surface area contributed by atoms with Crippen molar-refractivity contribution in [1.82, 2.24) is 20.3 Å². The van der Waals surface area contributed by atoms with Crippen LogP contribution in [0.4, 0.5) is 0 Å². The van der Waals surface area contributed by atoms with Gasteiger partial charge in [-0.2, -0.15) is 0 Å². The molecule has 1 aromatic heterocycles. The first kappa shape index (κ1) is 26.1. The van der Waals surface area contributed by atoms with Crippen molar-refractivity contribution in [3.8, 4) is 0 Å². The van der Waals surface area contributed by atoms with Gasteiger partial charge in [-0.1, -0.05) is 19.3 Å². The molecule has 0 atom stereocenters. The van der Waals surface area contributed by atoms with Crippen LogP contribution in [0.2, 0.25) is 0 Å². The van der Waals surface area contributed by atoms with E-state index in [1.54, 1.807) is 6.07 Å². The van der Waals surface area contributed by atoms with Crippen molar-refractivity contribution in [1.29, 1.82) is 0 Å². The van der Waals surface area contributed by atoms with Crippen LogP contribution in [0, 0.1) is 5.41 Å². The Morgan fingerprint density at radius 2 is 2.00 bits per heavy atom. The van der Waals surface area contributed by atoms with Gasteiger partial charge in [0.2, 0.25) is 10.0 Å². The highest BCUT2D eigenvalue weighted by atomic mass is 127. The quantitative estimate of drug-likeness (QED) is 0.156. The maximum absolute atomic E-state index is 12.2. The van der Waals surface area contributed by atoms with Gasteiger partial charge in [-0.15, -0.1) is 24.0 Å². The van der Waals surface area contributed by atoms with Crippen LogP contribution in [0.5, 0.6) is 0 Å². The first-order valence-corrected chi connectivity index (χ1v) is 11.5. The average Bonchev–Trinajstić information content (AvgIpc) is 2.71. The summed E-state index contributed by atoms with van der Waals surface area (Å²) >= 11 is 0. The number of sulfonamides is 1. The van der Waals surface area contributed by atoms with Gasteiger partial charge in [0.25, 0.3) is 0 Å². The molecule has 1 aromatic rings. The number of nitrogens with zero attached hydrogens (tertiary/aromatic N) is 2. The van der Waals surface area contributed by atoms with Gasteiger partial charge in [0.1, 0.15) is 4.90 Å². The van der Waals surface area contributed by atoms with E-state index < -0.39 is 10.0 Å². The Kier molecular flexibility index (Phi) is 12.0. The molecule has 1 heterocycles. The highest BCUT2D eigenvalue weighted by Crippen LogP contribution is 2.39. The number of rotatable bonds is 10. The van der Waals surface area contributed by atoms with Gasteiger partial charge in [0.05, 0.1) is 0 Å². The van der Waals surface area contributed by atoms with Crippen LogP contribution in [0.3, 0.4) is 0 Å². The minimum atomic E-state index is -3.56. The molecule has 166 valence electrons. The second-order valence-corrected chi connectivity index (χ2v) is 9.01. The molecular formula is C19H34IN5O3S. The van der Waals surface area contributed by atoms with E-state index in [1.807, 2.05) is 6.92 Å². The average molecular weight is 539 g/mol. The van der Waals surface area contributed by atoms with Gasteiger partial charge < -0.3 is 15.7 Å². The van der Waals surface area contributed by atoms with Crippen molar-refractivity contribution in [2.45, 2.75) is 50.3 Å². The zero-order chi connectivity index (χ0) is 20.3. The summed E-state index contributed by atoms with van der Waals surface area (Å²) in [5, 5.41) is 15.8. The highest BCUT2D eigenvalue weighted by molar-refractivity contribution is 14.0. The normalized spacial score (nSPS) is 16.7. The standard InChI is InChI=1S/C19H33N5O3S.HI/c1-2-21-18(23-16-19(10-14-25)8-4-3-5-9-19)22-12-13-24-28(26,27)17-7-6-11-20-15-17;/h6-7,11,15,24-25H,2-5,8-10,12-14,16H2,1H3,(H2,21,22,23);1H. The summed E-state index contributed by atoms with van der Waals surface area (Å²) in [5.74, 6) is 0.672. The fourth-order valence-electron chi connectivity index (χ4n) is 3.57. The summed E-state index contributed by atoms with van der Waals surface area (Å²) in [6.07, 6.45) is 9.47. The van der Waals surface area contributed by atoms with Gasteiger partial charge >= 0.3 is 0 Å². The number of halogens is 1. The SMILES string of the molecule is CCNC(=NCC1(CCO)CCCCC1)NCCNS(=O)(=O)c1cccnc1.I. The van der Waals surface area contributed by atoms with Gasteiger partial charge in [0.15, 0.2) is 5.96 Å². The maximum Gasteiger partial charge on any atom is 0.242 e. The number of guanidine groups is 1. The summed E-state index contributed by atoms with van der Waals surface area (Å²) < 4.78 is 27.0. The molecule has 1 aliphatic carbocycles. The van der Waals surface area contributed by atoms with E-state index in [0.29, 0.717) is 19.0 Å². The summed E-state index contributed by atoms with van der Waals surface area (Å²) in [6.45, 7) is 4.23. The second kappa shape index (κ2) is 13.3. The second-order valence-electron chi connectivity index (χ2n) is 7.24. The van der Waals surface area contributed by atoms with Crippen LogP contribution >= 0.6 is 24.0 Å². The van der Waals surface area contributed by atoms with Gasteiger partial charge in [-0.25, -0.2) is 13.1 Å². The molecule has 8 nitrogen and oxygen atoms in total. The van der Waals surface area contributed by atoms with Gasteiger partial charge in [-0.3, -0.25) is 9.98 Å². The molecule has 0 bridgehead atoms. The summed E-state index contributed by atoms with van der Waals surface area (Å²) in [4.78, 5) is 8.71. The van der Waals surface area contributed by atoms with Crippen LogP contribution in [0.1, 0.15) is 45.4 Å². The minimum absolute atomic E-state index is 0. The van der Waals surface area contributed by atoms with E-state index in [1.165, 1.54) is 37.7 Å². The van der Waals surface area contributed by atoms with Gasteiger partial charge in [0, 0.05) is 45.2 Å². The third kappa shape index (κ3) is 8.73.